The second-order valence-electron chi connectivity index (χ2n) is 8.96. The van der Waals surface area contributed by atoms with Gasteiger partial charge in [0.05, 0.1) is 18.8 Å². The Labute approximate surface area is 145 Å². The van der Waals surface area contributed by atoms with Crippen molar-refractivity contribution in [1.82, 2.24) is 0 Å². The molecule has 0 saturated heterocycles. The van der Waals surface area contributed by atoms with Crippen molar-refractivity contribution < 1.29 is 13.9 Å². The highest BCUT2D eigenvalue weighted by molar-refractivity contribution is 5.77. The van der Waals surface area contributed by atoms with Gasteiger partial charge < -0.3 is 9.15 Å². The maximum absolute atomic E-state index is 12.6. The van der Waals surface area contributed by atoms with Crippen LogP contribution in [0.3, 0.4) is 0 Å². The first-order chi connectivity index (χ1) is 11.4. The van der Waals surface area contributed by atoms with E-state index in [2.05, 4.69) is 26.8 Å². The molecule has 132 valence electrons. The van der Waals surface area contributed by atoms with Gasteiger partial charge in [0.2, 0.25) is 0 Å². The number of carbonyl (C=O) groups is 1. The van der Waals surface area contributed by atoms with E-state index in [1.165, 1.54) is 24.2 Å². The second-order valence-corrected chi connectivity index (χ2v) is 8.96. The highest BCUT2D eigenvalue weighted by Crippen LogP contribution is 2.65. The first-order valence-electron chi connectivity index (χ1n) is 9.56. The van der Waals surface area contributed by atoms with Gasteiger partial charge in [0, 0.05) is 6.42 Å². The molecule has 4 rings (SSSR count). The van der Waals surface area contributed by atoms with Gasteiger partial charge in [-0.05, 0) is 73.3 Å². The normalized spacial score (nSPS) is 44.2. The van der Waals surface area contributed by atoms with E-state index in [9.17, 15) is 4.79 Å². The van der Waals surface area contributed by atoms with Crippen LogP contribution in [0.5, 0.6) is 0 Å². The number of hydrogen-bond donors (Lipinski definition) is 0. The zero-order chi connectivity index (χ0) is 17.1. The van der Waals surface area contributed by atoms with E-state index in [0.29, 0.717) is 17.8 Å². The first kappa shape index (κ1) is 16.2. The average Bonchev–Trinajstić information content (AvgIpc) is 3.03. The van der Waals surface area contributed by atoms with Crippen molar-refractivity contribution in [3.63, 3.8) is 0 Å². The summed E-state index contributed by atoms with van der Waals surface area (Å²) in [6.07, 6.45) is 8.61. The number of methoxy groups -OCH3 is 1. The van der Waals surface area contributed by atoms with E-state index in [1.807, 2.05) is 6.26 Å². The lowest BCUT2D eigenvalue weighted by Crippen LogP contribution is -2.56. The van der Waals surface area contributed by atoms with Gasteiger partial charge in [-0.15, -0.1) is 0 Å². The predicted octanol–water partition coefficient (Wildman–Crippen LogP) is 4.95. The molecule has 3 nitrogen and oxygen atoms in total. The van der Waals surface area contributed by atoms with Crippen LogP contribution >= 0.6 is 0 Å². The smallest absolute Gasteiger partial charge is 0.311 e. The molecule has 0 radical (unpaired) electrons. The van der Waals surface area contributed by atoms with Crippen molar-refractivity contribution in [3.8, 4) is 0 Å². The molecule has 1 heterocycles. The lowest BCUT2D eigenvalue weighted by Gasteiger charge is -2.60. The van der Waals surface area contributed by atoms with Crippen LogP contribution in [0.4, 0.5) is 0 Å². The van der Waals surface area contributed by atoms with Crippen LogP contribution in [0.1, 0.15) is 70.1 Å². The van der Waals surface area contributed by atoms with Crippen molar-refractivity contribution in [2.45, 2.75) is 65.2 Å². The molecule has 0 amide bonds. The van der Waals surface area contributed by atoms with E-state index in [1.54, 1.807) is 7.11 Å². The number of furan rings is 1. The quantitative estimate of drug-likeness (QED) is 0.684. The summed E-state index contributed by atoms with van der Waals surface area (Å²) >= 11 is 0. The van der Waals surface area contributed by atoms with Crippen LogP contribution < -0.4 is 0 Å². The van der Waals surface area contributed by atoms with Crippen LogP contribution in [0.25, 0.3) is 0 Å². The Morgan fingerprint density at radius 2 is 2.08 bits per heavy atom. The molecule has 2 saturated carbocycles. The van der Waals surface area contributed by atoms with Gasteiger partial charge in [-0.25, -0.2) is 0 Å². The van der Waals surface area contributed by atoms with Crippen molar-refractivity contribution in [2.24, 2.45) is 28.6 Å². The Balaban J connectivity index is 1.74. The number of ether oxygens (including phenoxy) is 1. The second kappa shape index (κ2) is 5.37. The molecule has 24 heavy (non-hydrogen) atoms. The molecule has 0 aliphatic heterocycles. The fourth-order valence-electron chi connectivity index (χ4n) is 6.87. The van der Waals surface area contributed by atoms with Crippen LogP contribution in [-0.4, -0.2) is 13.1 Å². The van der Waals surface area contributed by atoms with Gasteiger partial charge in [0.1, 0.15) is 5.76 Å². The molecule has 3 heteroatoms. The van der Waals surface area contributed by atoms with E-state index < -0.39 is 0 Å². The minimum Gasteiger partial charge on any atom is -0.469 e. The number of rotatable bonds is 1. The standard InChI is InChI=1S/C21H30O3/c1-13-14-6-7-18-20(2,9-5-10-21(18,3)19(22)23-4)16(14)12-17-15(13)8-11-24-17/h8,11,13-14,16,18H,5-7,9-10,12H2,1-4H3/t13-,14+,16+,18-,20-,21-/m1/s1. The predicted molar refractivity (Wildman–Crippen MR) is 92.6 cm³/mol. The molecule has 0 aromatic carbocycles. The topological polar surface area (TPSA) is 39.4 Å². The summed E-state index contributed by atoms with van der Waals surface area (Å²) in [4.78, 5) is 12.6. The van der Waals surface area contributed by atoms with Gasteiger partial charge >= 0.3 is 5.97 Å². The summed E-state index contributed by atoms with van der Waals surface area (Å²) in [7, 11) is 1.54. The third-order valence-electron chi connectivity index (χ3n) is 8.10. The van der Waals surface area contributed by atoms with E-state index >= 15 is 0 Å². The number of esters is 1. The molecule has 2 fully saturated rings. The van der Waals surface area contributed by atoms with Crippen LogP contribution in [0, 0.1) is 28.6 Å². The van der Waals surface area contributed by atoms with Crippen LogP contribution in [0.2, 0.25) is 0 Å². The summed E-state index contributed by atoms with van der Waals surface area (Å²) in [6.45, 7) is 6.98. The zero-order valence-electron chi connectivity index (χ0n) is 15.4. The average molecular weight is 330 g/mol. The minimum atomic E-state index is -0.320. The fraction of sp³-hybridized carbons (Fsp3) is 0.762. The van der Waals surface area contributed by atoms with E-state index in [4.69, 9.17) is 9.15 Å². The summed E-state index contributed by atoms with van der Waals surface area (Å²) in [5, 5.41) is 0. The lowest BCUT2D eigenvalue weighted by molar-refractivity contribution is -0.174. The van der Waals surface area contributed by atoms with Crippen molar-refractivity contribution in [1.29, 1.82) is 0 Å². The van der Waals surface area contributed by atoms with Crippen LogP contribution in [-0.2, 0) is 16.0 Å². The highest BCUT2D eigenvalue weighted by atomic mass is 16.5. The van der Waals surface area contributed by atoms with Crippen LogP contribution in [0.15, 0.2) is 16.7 Å². The number of carbonyl (C=O) groups excluding carboxylic acids is 1. The van der Waals surface area contributed by atoms with Gasteiger partial charge in [0.15, 0.2) is 0 Å². The number of fused-ring (bicyclic) bond motifs is 4. The Bertz CT molecular complexity index is 647. The third-order valence-corrected chi connectivity index (χ3v) is 8.10. The Morgan fingerprint density at radius 1 is 1.29 bits per heavy atom. The molecule has 0 bridgehead atoms. The summed E-state index contributed by atoms with van der Waals surface area (Å²) in [5.41, 5.74) is 1.31. The molecule has 3 aliphatic rings. The van der Waals surface area contributed by atoms with Gasteiger partial charge in [-0.1, -0.05) is 20.3 Å². The molecule has 0 unspecified atom stereocenters. The van der Waals surface area contributed by atoms with Crippen molar-refractivity contribution in [3.05, 3.63) is 23.7 Å². The number of hydrogen-bond acceptors (Lipinski definition) is 3. The molecule has 6 atom stereocenters. The lowest BCUT2D eigenvalue weighted by atomic mass is 9.43. The summed E-state index contributed by atoms with van der Waals surface area (Å²) < 4.78 is 11.1. The van der Waals surface area contributed by atoms with E-state index in [-0.39, 0.29) is 16.8 Å². The van der Waals surface area contributed by atoms with Crippen molar-refractivity contribution in [2.75, 3.05) is 7.11 Å². The van der Waals surface area contributed by atoms with Gasteiger partial charge in [-0.2, -0.15) is 0 Å². The molecule has 3 aliphatic carbocycles. The van der Waals surface area contributed by atoms with Gasteiger partial charge in [-0.3, -0.25) is 4.79 Å². The maximum Gasteiger partial charge on any atom is 0.311 e. The third kappa shape index (κ3) is 1.99. The molecular formula is C21H30O3. The molecule has 1 aromatic rings. The summed E-state index contributed by atoms with van der Waals surface area (Å²) in [5.74, 6) is 3.53. The SMILES string of the molecule is COC(=O)[C@]1(C)CCC[C@@]2(C)[C@H]1CC[C@H]1[C@@H](C)c3ccoc3C[C@@H]12. The molecule has 1 aromatic heterocycles. The highest BCUT2D eigenvalue weighted by Gasteiger charge is 2.60. The minimum absolute atomic E-state index is 0.000537. The Morgan fingerprint density at radius 3 is 2.83 bits per heavy atom. The van der Waals surface area contributed by atoms with Crippen molar-refractivity contribution >= 4 is 5.97 Å². The maximum atomic E-state index is 12.6. The Kier molecular flexibility index (Phi) is 3.63. The fourth-order valence-corrected chi connectivity index (χ4v) is 6.87. The molecular weight excluding hydrogens is 300 g/mol. The monoisotopic (exact) mass is 330 g/mol. The molecule has 0 spiro atoms. The van der Waals surface area contributed by atoms with Gasteiger partial charge in [0.25, 0.3) is 0 Å². The molecule has 0 N–H and O–H groups in total. The largest absolute Gasteiger partial charge is 0.469 e. The summed E-state index contributed by atoms with van der Waals surface area (Å²) in [6, 6.07) is 2.17. The first-order valence-corrected chi connectivity index (χ1v) is 9.56. The van der Waals surface area contributed by atoms with E-state index in [0.717, 1.165) is 31.6 Å². The Hall–Kier alpha value is -1.25. The zero-order valence-corrected chi connectivity index (χ0v) is 15.4.